The Kier molecular flexibility index (Phi) is 3.44. The molecular formula is C10H12F2O2S. The van der Waals surface area contributed by atoms with E-state index < -0.39 is 21.5 Å². The van der Waals surface area contributed by atoms with E-state index in [0.717, 1.165) is 0 Å². The summed E-state index contributed by atoms with van der Waals surface area (Å²) in [5.41, 5.74) is 0. The molecule has 0 heterocycles. The van der Waals surface area contributed by atoms with Gasteiger partial charge in [0, 0.05) is 6.42 Å². The molecule has 5 heteroatoms. The summed E-state index contributed by atoms with van der Waals surface area (Å²) in [6.07, 6.45) is -0.525. The first-order valence-electron chi connectivity index (χ1n) is 4.59. The van der Waals surface area contributed by atoms with Gasteiger partial charge in [0.05, 0.1) is 4.90 Å². The van der Waals surface area contributed by atoms with Crippen molar-refractivity contribution in [2.45, 2.75) is 29.9 Å². The topological polar surface area (TPSA) is 34.1 Å². The maximum Gasteiger partial charge on any atom is 0.350 e. The van der Waals surface area contributed by atoms with E-state index in [1.807, 2.05) is 0 Å². The molecule has 0 saturated heterocycles. The molecular weight excluding hydrogens is 222 g/mol. The molecule has 2 nitrogen and oxygen atoms in total. The van der Waals surface area contributed by atoms with E-state index in [4.69, 9.17) is 0 Å². The Balaban J connectivity index is 3.14. The number of hydrogen-bond acceptors (Lipinski definition) is 2. The zero-order chi connectivity index (χ0) is 11.5. The molecule has 0 amide bonds. The molecule has 84 valence electrons. The quantitative estimate of drug-likeness (QED) is 0.802. The lowest BCUT2D eigenvalue weighted by Crippen LogP contribution is -2.28. The molecule has 1 rings (SSSR count). The van der Waals surface area contributed by atoms with Gasteiger partial charge in [0.2, 0.25) is 9.84 Å². The molecule has 0 fully saturated rings. The van der Waals surface area contributed by atoms with Gasteiger partial charge < -0.3 is 0 Å². The Morgan fingerprint density at radius 3 is 2.20 bits per heavy atom. The van der Waals surface area contributed by atoms with Gasteiger partial charge in [0.1, 0.15) is 0 Å². The first-order valence-corrected chi connectivity index (χ1v) is 6.07. The monoisotopic (exact) mass is 234 g/mol. The van der Waals surface area contributed by atoms with Crippen LogP contribution in [0.5, 0.6) is 0 Å². The van der Waals surface area contributed by atoms with Gasteiger partial charge in [0.25, 0.3) is 0 Å². The number of benzene rings is 1. The van der Waals surface area contributed by atoms with E-state index in [-0.39, 0.29) is 11.3 Å². The van der Waals surface area contributed by atoms with E-state index in [9.17, 15) is 17.2 Å². The molecule has 0 aliphatic carbocycles. The van der Waals surface area contributed by atoms with Crippen molar-refractivity contribution in [1.82, 2.24) is 0 Å². The van der Waals surface area contributed by atoms with Gasteiger partial charge in [-0.25, -0.2) is 8.42 Å². The third kappa shape index (κ3) is 2.34. The minimum atomic E-state index is -4.53. The normalized spacial score (nSPS) is 12.7. The van der Waals surface area contributed by atoms with Crippen molar-refractivity contribution >= 4 is 9.84 Å². The van der Waals surface area contributed by atoms with Crippen molar-refractivity contribution < 1.29 is 17.2 Å². The minimum Gasteiger partial charge on any atom is -0.217 e. The van der Waals surface area contributed by atoms with Gasteiger partial charge in [-0.1, -0.05) is 25.1 Å². The maximum atomic E-state index is 13.3. The van der Waals surface area contributed by atoms with Crippen LogP contribution >= 0.6 is 0 Å². The number of hydrogen-bond donors (Lipinski definition) is 0. The van der Waals surface area contributed by atoms with Crippen LogP contribution in [0.1, 0.15) is 19.8 Å². The Morgan fingerprint density at radius 1 is 1.20 bits per heavy atom. The summed E-state index contributed by atoms with van der Waals surface area (Å²) < 4.78 is 49.6. The zero-order valence-electron chi connectivity index (χ0n) is 8.28. The van der Waals surface area contributed by atoms with E-state index >= 15 is 0 Å². The van der Waals surface area contributed by atoms with Crippen molar-refractivity contribution in [1.29, 1.82) is 0 Å². The fourth-order valence-corrected chi connectivity index (χ4v) is 2.53. The molecule has 0 atom stereocenters. The van der Waals surface area contributed by atoms with E-state index in [0.29, 0.717) is 0 Å². The Morgan fingerprint density at radius 2 is 1.73 bits per heavy atom. The first kappa shape index (κ1) is 12.1. The fourth-order valence-electron chi connectivity index (χ4n) is 1.20. The first-order chi connectivity index (χ1) is 6.92. The molecule has 1 aromatic rings. The number of halogens is 2. The SMILES string of the molecule is CCCC(F)(F)S(=O)(=O)c1ccccc1. The largest absolute Gasteiger partial charge is 0.350 e. The second-order valence-corrected chi connectivity index (χ2v) is 5.28. The minimum absolute atomic E-state index is 0.124. The molecule has 0 unspecified atom stereocenters. The predicted octanol–water partition coefficient (Wildman–Crippen LogP) is 2.85. The molecule has 0 aliphatic heterocycles. The number of rotatable bonds is 4. The van der Waals surface area contributed by atoms with Crippen molar-refractivity contribution in [3.63, 3.8) is 0 Å². The third-order valence-corrected chi connectivity index (χ3v) is 3.87. The van der Waals surface area contributed by atoms with Crippen LogP contribution in [-0.2, 0) is 9.84 Å². The van der Waals surface area contributed by atoms with Crippen molar-refractivity contribution in [2.24, 2.45) is 0 Å². The Hall–Kier alpha value is -0.970. The maximum absolute atomic E-state index is 13.3. The molecule has 15 heavy (non-hydrogen) atoms. The molecule has 0 radical (unpaired) electrons. The second-order valence-electron chi connectivity index (χ2n) is 3.20. The van der Waals surface area contributed by atoms with Gasteiger partial charge in [-0.05, 0) is 18.6 Å². The summed E-state index contributed by atoms with van der Waals surface area (Å²) in [5.74, 6) is 0. The predicted molar refractivity (Wildman–Crippen MR) is 53.5 cm³/mol. The molecule has 0 spiro atoms. The van der Waals surface area contributed by atoms with Crippen LogP contribution in [0.4, 0.5) is 8.78 Å². The molecule has 1 aromatic carbocycles. The number of sulfone groups is 1. The Labute approximate surface area is 87.8 Å². The summed E-state index contributed by atoms with van der Waals surface area (Å²) in [4.78, 5) is -0.330. The van der Waals surface area contributed by atoms with Crippen LogP contribution in [0.2, 0.25) is 0 Å². The highest BCUT2D eigenvalue weighted by atomic mass is 32.2. The molecule has 0 bridgehead atoms. The smallest absolute Gasteiger partial charge is 0.217 e. The summed E-state index contributed by atoms with van der Waals surface area (Å²) in [6.45, 7) is 1.52. The highest BCUT2D eigenvalue weighted by molar-refractivity contribution is 7.92. The van der Waals surface area contributed by atoms with Gasteiger partial charge in [0.15, 0.2) is 0 Å². The van der Waals surface area contributed by atoms with Gasteiger partial charge in [-0.3, -0.25) is 0 Å². The second kappa shape index (κ2) is 4.26. The molecule has 0 aliphatic rings. The van der Waals surface area contributed by atoms with Gasteiger partial charge >= 0.3 is 5.25 Å². The summed E-state index contributed by atoms with van der Waals surface area (Å²) in [6, 6.07) is 6.79. The van der Waals surface area contributed by atoms with Gasteiger partial charge in [-0.2, -0.15) is 8.78 Å². The summed E-state index contributed by atoms with van der Waals surface area (Å²) >= 11 is 0. The lowest BCUT2D eigenvalue weighted by molar-refractivity contribution is 0.0812. The Bertz CT molecular complexity index is 412. The highest BCUT2D eigenvalue weighted by Crippen LogP contribution is 2.32. The van der Waals surface area contributed by atoms with Crippen LogP contribution in [0.25, 0.3) is 0 Å². The van der Waals surface area contributed by atoms with Crippen LogP contribution in [-0.4, -0.2) is 13.7 Å². The van der Waals surface area contributed by atoms with E-state index in [1.165, 1.54) is 31.2 Å². The average Bonchev–Trinajstić information content (AvgIpc) is 2.19. The van der Waals surface area contributed by atoms with Gasteiger partial charge in [-0.15, -0.1) is 0 Å². The number of alkyl halides is 2. The van der Waals surface area contributed by atoms with Crippen LogP contribution in [0.3, 0.4) is 0 Å². The van der Waals surface area contributed by atoms with Crippen molar-refractivity contribution in [2.75, 3.05) is 0 Å². The summed E-state index contributed by atoms with van der Waals surface area (Å²) in [5, 5.41) is -3.68. The molecule has 0 aromatic heterocycles. The average molecular weight is 234 g/mol. The van der Waals surface area contributed by atoms with Crippen LogP contribution in [0.15, 0.2) is 35.2 Å². The standard InChI is InChI=1S/C10H12F2O2S/c1-2-8-10(11,12)15(13,14)9-6-4-3-5-7-9/h3-7H,2,8H2,1H3. The third-order valence-electron chi connectivity index (χ3n) is 1.99. The van der Waals surface area contributed by atoms with E-state index in [1.54, 1.807) is 6.07 Å². The van der Waals surface area contributed by atoms with Crippen molar-refractivity contribution in [3.8, 4) is 0 Å². The van der Waals surface area contributed by atoms with Crippen molar-refractivity contribution in [3.05, 3.63) is 30.3 Å². The fraction of sp³-hybridized carbons (Fsp3) is 0.400. The van der Waals surface area contributed by atoms with Crippen LogP contribution in [0, 0.1) is 0 Å². The molecule has 0 N–H and O–H groups in total. The van der Waals surface area contributed by atoms with E-state index in [2.05, 4.69) is 0 Å². The highest BCUT2D eigenvalue weighted by Gasteiger charge is 2.44. The lowest BCUT2D eigenvalue weighted by atomic mass is 10.3. The van der Waals surface area contributed by atoms with Crippen LogP contribution < -0.4 is 0 Å². The molecule has 0 saturated carbocycles. The summed E-state index contributed by atoms with van der Waals surface area (Å²) in [7, 11) is -4.53. The lowest BCUT2D eigenvalue weighted by Gasteiger charge is -2.15. The zero-order valence-corrected chi connectivity index (χ0v) is 9.10.